The molecule has 6 heteroatoms. The molecule has 0 aromatic carbocycles. The number of hydrogen-bond donors (Lipinski definition) is 1. The molecule has 0 saturated carbocycles. The van der Waals surface area contributed by atoms with Crippen molar-refractivity contribution in [2.24, 2.45) is 5.73 Å². The van der Waals surface area contributed by atoms with Crippen LogP contribution in [0.5, 0.6) is 0 Å². The predicted octanol–water partition coefficient (Wildman–Crippen LogP) is 2.64. The van der Waals surface area contributed by atoms with Crippen LogP contribution >= 0.6 is 27.3 Å². The summed E-state index contributed by atoms with van der Waals surface area (Å²) in [4.78, 5) is 1.99. The Morgan fingerprint density at radius 2 is 2.00 bits per heavy atom. The lowest BCUT2D eigenvalue weighted by Gasteiger charge is -2.29. The minimum absolute atomic E-state index is 0.518. The van der Waals surface area contributed by atoms with Crippen molar-refractivity contribution in [2.75, 3.05) is 6.26 Å². The van der Waals surface area contributed by atoms with Crippen LogP contribution in [0.1, 0.15) is 29.6 Å². The van der Waals surface area contributed by atoms with Crippen molar-refractivity contribution >= 4 is 37.1 Å². The van der Waals surface area contributed by atoms with Crippen molar-refractivity contribution in [2.45, 2.75) is 31.6 Å². The predicted molar refractivity (Wildman–Crippen MR) is 72.6 cm³/mol. The topological polar surface area (TPSA) is 60.2 Å². The number of halogens is 1. The molecule has 0 saturated heterocycles. The molecule has 0 aliphatic carbocycles. The highest BCUT2D eigenvalue weighted by molar-refractivity contribution is 9.10. The van der Waals surface area contributed by atoms with Crippen LogP contribution in [0.25, 0.3) is 0 Å². The Balaban J connectivity index is 3.22. The first-order chi connectivity index (χ1) is 7.07. The highest BCUT2D eigenvalue weighted by Crippen LogP contribution is 2.38. The fraction of sp³-hybridized carbons (Fsp3) is 0.600. The zero-order chi connectivity index (χ0) is 12.7. The smallest absolute Gasteiger partial charge is 0.154 e. The maximum Gasteiger partial charge on any atom is 0.154 e. The van der Waals surface area contributed by atoms with E-state index in [0.717, 1.165) is 14.2 Å². The van der Waals surface area contributed by atoms with Crippen molar-refractivity contribution in [3.05, 3.63) is 20.3 Å². The van der Waals surface area contributed by atoms with Gasteiger partial charge in [0.05, 0.1) is 10.8 Å². The van der Waals surface area contributed by atoms with E-state index in [4.69, 9.17) is 5.73 Å². The van der Waals surface area contributed by atoms with E-state index in [0.29, 0.717) is 0 Å². The van der Waals surface area contributed by atoms with Gasteiger partial charge in [-0.15, -0.1) is 11.3 Å². The summed E-state index contributed by atoms with van der Waals surface area (Å²) in [6, 6.07) is 1.44. The lowest BCUT2D eigenvalue weighted by molar-refractivity contribution is 0.500. The summed E-state index contributed by atoms with van der Waals surface area (Å²) in [6.07, 6.45) is 1.22. The molecule has 92 valence electrons. The standard InChI is InChI=1S/C10H16BrNO2S2/c1-6-5-7(11)8(15-6)9(12)10(2,3)16(4,13)14/h5,9H,12H2,1-4H3. The van der Waals surface area contributed by atoms with Gasteiger partial charge in [0.25, 0.3) is 0 Å². The second kappa shape index (κ2) is 4.40. The first kappa shape index (κ1) is 14.2. The summed E-state index contributed by atoms with van der Waals surface area (Å²) in [6.45, 7) is 5.29. The molecule has 2 N–H and O–H groups in total. The normalized spacial score (nSPS) is 15.1. The number of aryl methyl sites for hydroxylation is 1. The van der Waals surface area contributed by atoms with Crippen molar-refractivity contribution in [1.29, 1.82) is 0 Å². The van der Waals surface area contributed by atoms with E-state index in [1.807, 2.05) is 13.0 Å². The molecule has 0 amide bonds. The zero-order valence-electron chi connectivity index (χ0n) is 9.74. The van der Waals surface area contributed by atoms with Crippen molar-refractivity contribution in [3.8, 4) is 0 Å². The molecule has 0 aliphatic rings. The Morgan fingerprint density at radius 1 is 1.50 bits per heavy atom. The zero-order valence-corrected chi connectivity index (χ0v) is 13.0. The van der Waals surface area contributed by atoms with Crippen molar-refractivity contribution in [3.63, 3.8) is 0 Å². The Labute approximate surface area is 109 Å². The van der Waals surface area contributed by atoms with E-state index >= 15 is 0 Å². The number of nitrogens with two attached hydrogens (primary N) is 1. The maximum atomic E-state index is 11.7. The Bertz CT molecular complexity index is 491. The van der Waals surface area contributed by atoms with Crippen molar-refractivity contribution < 1.29 is 8.42 Å². The first-order valence-corrected chi connectivity index (χ1v) is 8.28. The summed E-state index contributed by atoms with van der Waals surface area (Å²) in [5.74, 6) is 0. The molecule has 0 bridgehead atoms. The average molecular weight is 326 g/mol. The second-order valence-corrected chi connectivity index (χ2v) is 9.16. The fourth-order valence-corrected chi connectivity index (χ4v) is 4.00. The monoisotopic (exact) mass is 325 g/mol. The second-order valence-electron chi connectivity index (χ2n) is 4.42. The van der Waals surface area contributed by atoms with Gasteiger partial charge in [-0.25, -0.2) is 8.42 Å². The number of hydrogen-bond acceptors (Lipinski definition) is 4. The van der Waals surface area contributed by atoms with Gasteiger partial charge in [0.1, 0.15) is 0 Å². The van der Waals surface area contributed by atoms with E-state index in [2.05, 4.69) is 15.9 Å². The lowest BCUT2D eigenvalue weighted by atomic mass is 10.0. The van der Waals surface area contributed by atoms with Gasteiger partial charge in [0, 0.05) is 20.5 Å². The van der Waals surface area contributed by atoms with Gasteiger partial charge in [0.15, 0.2) is 9.84 Å². The van der Waals surface area contributed by atoms with Gasteiger partial charge in [-0.1, -0.05) is 0 Å². The van der Waals surface area contributed by atoms with Crippen LogP contribution in [0.2, 0.25) is 0 Å². The van der Waals surface area contributed by atoms with E-state index in [1.165, 1.54) is 17.6 Å². The summed E-state index contributed by atoms with van der Waals surface area (Å²) >= 11 is 4.94. The quantitative estimate of drug-likeness (QED) is 0.929. The SMILES string of the molecule is Cc1cc(Br)c(C(N)C(C)(C)S(C)(=O)=O)s1. The Morgan fingerprint density at radius 3 is 2.31 bits per heavy atom. The average Bonchev–Trinajstić information content (AvgIpc) is 2.41. The largest absolute Gasteiger partial charge is 0.322 e. The Hall–Kier alpha value is 0.0900. The molecule has 1 rings (SSSR count). The molecule has 3 nitrogen and oxygen atoms in total. The third-order valence-electron chi connectivity index (χ3n) is 2.82. The van der Waals surface area contributed by atoms with E-state index in [1.54, 1.807) is 13.8 Å². The van der Waals surface area contributed by atoms with Gasteiger partial charge < -0.3 is 5.73 Å². The summed E-state index contributed by atoms with van der Waals surface area (Å²) in [5.41, 5.74) is 6.07. The van der Waals surface area contributed by atoms with Gasteiger partial charge in [-0.2, -0.15) is 0 Å². The minimum Gasteiger partial charge on any atom is -0.322 e. The molecule has 1 aromatic rings. The highest BCUT2D eigenvalue weighted by Gasteiger charge is 2.39. The number of thiophene rings is 1. The summed E-state index contributed by atoms with van der Waals surface area (Å²) in [7, 11) is -3.20. The van der Waals surface area contributed by atoms with E-state index < -0.39 is 20.6 Å². The van der Waals surface area contributed by atoms with Crippen molar-refractivity contribution in [1.82, 2.24) is 0 Å². The van der Waals surface area contributed by atoms with Crippen LogP contribution in [-0.4, -0.2) is 19.4 Å². The lowest BCUT2D eigenvalue weighted by Crippen LogP contribution is -2.42. The molecule has 1 unspecified atom stereocenters. The van der Waals surface area contributed by atoms with Crippen LogP contribution in [0.4, 0.5) is 0 Å². The summed E-state index contributed by atoms with van der Waals surface area (Å²) in [5, 5.41) is 0. The van der Waals surface area contributed by atoms with Gasteiger partial charge in [-0.3, -0.25) is 0 Å². The molecule has 16 heavy (non-hydrogen) atoms. The molecule has 0 aliphatic heterocycles. The van der Waals surface area contributed by atoms with Gasteiger partial charge >= 0.3 is 0 Å². The highest BCUT2D eigenvalue weighted by atomic mass is 79.9. The van der Waals surface area contributed by atoms with E-state index in [9.17, 15) is 8.42 Å². The van der Waals surface area contributed by atoms with Crippen LogP contribution < -0.4 is 5.73 Å². The molecule has 0 spiro atoms. The van der Waals surface area contributed by atoms with Crippen LogP contribution in [0, 0.1) is 6.92 Å². The van der Waals surface area contributed by atoms with Crippen LogP contribution in [-0.2, 0) is 9.84 Å². The van der Waals surface area contributed by atoms with Crippen LogP contribution in [0.15, 0.2) is 10.5 Å². The van der Waals surface area contributed by atoms with Gasteiger partial charge in [-0.05, 0) is 42.8 Å². The molecule has 1 atom stereocenters. The molecule has 1 heterocycles. The molecule has 1 aromatic heterocycles. The molecular weight excluding hydrogens is 310 g/mol. The third-order valence-corrected chi connectivity index (χ3v) is 7.04. The maximum absolute atomic E-state index is 11.7. The minimum atomic E-state index is -3.20. The first-order valence-electron chi connectivity index (χ1n) is 4.78. The molecule has 0 radical (unpaired) electrons. The van der Waals surface area contributed by atoms with Crippen LogP contribution in [0.3, 0.4) is 0 Å². The number of sulfone groups is 1. The number of rotatable bonds is 3. The Kier molecular flexibility index (Phi) is 3.89. The molecule has 0 fully saturated rings. The van der Waals surface area contributed by atoms with Gasteiger partial charge in [0.2, 0.25) is 0 Å². The summed E-state index contributed by atoms with van der Waals surface area (Å²) < 4.78 is 23.3. The fourth-order valence-electron chi connectivity index (χ4n) is 1.26. The van der Waals surface area contributed by atoms with E-state index in [-0.39, 0.29) is 0 Å². The molecular formula is C10H16BrNO2S2. The third kappa shape index (κ3) is 2.50.